The van der Waals surface area contributed by atoms with Gasteiger partial charge in [-0.3, -0.25) is 0 Å². The highest BCUT2D eigenvalue weighted by Gasteiger charge is 1.98. The molecule has 0 atom stereocenters. The zero-order valence-corrected chi connectivity index (χ0v) is 6.87. The monoisotopic (exact) mass is 155 g/mol. The minimum absolute atomic E-state index is 0.512. The maximum absolute atomic E-state index is 4.81. The van der Waals surface area contributed by atoms with Gasteiger partial charge < -0.3 is 9.84 Å². The van der Waals surface area contributed by atoms with Crippen LogP contribution in [0.3, 0.4) is 0 Å². The molecule has 11 heavy (non-hydrogen) atoms. The molecule has 1 aromatic heterocycles. The second-order valence-corrected chi connectivity index (χ2v) is 2.69. The van der Waals surface area contributed by atoms with Gasteiger partial charge in [0.2, 0.25) is 5.89 Å². The van der Waals surface area contributed by atoms with Crippen molar-refractivity contribution in [1.82, 2.24) is 15.5 Å². The molecular formula is C7H13N3O. The molecule has 0 bridgehead atoms. The van der Waals surface area contributed by atoms with Crippen LogP contribution in [0.15, 0.2) is 10.9 Å². The van der Waals surface area contributed by atoms with Crippen LogP contribution < -0.4 is 5.32 Å². The molecule has 0 unspecified atom stereocenters. The minimum Gasteiger partial charge on any atom is -0.340 e. The molecule has 1 N–H and O–H groups in total. The van der Waals surface area contributed by atoms with Gasteiger partial charge in [-0.25, -0.2) is 0 Å². The maximum atomic E-state index is 4.81. The SMILES string of the molecule is CC(C)NCCc1ncno1. The fourth-order valence-corrected chi connectivity index (χ4v) is 0.774. The molecule has 4 nitrogen and oxygen atoms in total. The summed E-state index contributed by atoms with van der Waals surface area (Å²) >= 11 is 0. The standard InChI is InChI=1S/C7H13N3O/c1-6(2)8-4-3-7-9-5-10-11-7/h5-6,8H,3-4H2,1-2H3. The summed E-state index contributed by atoms with van der Waals surface area (Å²) in [6.07, 6.45) is 2.23. The molecule has 0 radical (unpaired) electrons. The molecular weight excluding hydrogens is 142 g/mol. The molecule has 0 aliphatic rings. The van der Waals surface area contributed by atoms with E-state index in [-0.39, 0.29) is 0 Å². The summed E-state index contributed by atoms with van der Waals surface area (Å²) in [6, 6.07) is 0.512. The fraction of sp³-hybridized carbons (Fsp3) is 0.714. The van der Waals surface area contributed by atoms with Gasteiger partial charge >= 0.3 is 0 Å². The molecule has 0 amide bonds. The average molecular weight is 155 g/mol. The molecule has 1 heterocycles. The van der Waals surface area contributed by atoms with Crippen molar-refractivity contribution in [2.45, 2.75) is 26.3 Å². The van der Waals surface area contributed by atoms with Crippen molar-refractivity contribution in [3.8, 4) is 0 Å². The Hall–Kier alpha value is -0.900. The Kier molecular flexibility index (Phi) is 3.04. The molecule has 0 aliphatic carbocycles. The Balaban J connectivity index is 2.14. The minimum atomic E-state index is 0.512. The topological polar surface area (TPSA) is 51.0 Å². The Morgan fingerprint density at radius 1 is 1.64 bits per heavy atom. The smallest absolute Gasteiger partial charge is 0.227 e. The molecule has 1 aromatic rings. The first-order chi connectivity index (χ1) is 5.29. The van der Waals surface area contributed by atoms with Gasteiger partial charge in [-0.1, -0.05) is 19.0 Å². The van der Waals surface area contributed by atoms with Gasteiger partial charge in [0.25, 0.3) is 0 Å². The Morgan fingerprint density at radius 3 is 3.00 bits per heavy atom. The van der Waals surface area contributed by atoms with Crippen LogP contribution in [0, 0.1) is 0 Å². The lowest BCUT2D eigenvalue weighted by Crippen LogP contribution is -2.24. The highest BCUT2D eigenvalue weighted by atomic mass is 16.5. The summed E-state index contributed by atoms with van der Waals surface area (Å²) in [5.41, 5.74) is 0. The van der Waals surface area contributed by atoms with Gasteiger partial charge in [0.15, 0.2) is 6.33 Å². The van der Waals surface area contributed by atoms with Crippen molar-refractivity contribution in [1.29, 1.82) is 0 Å². The van der Waals surface area contributed by atoms with E-state index in [0.29, 0.717) is 11.9 Å². The van der Waals surface area contributed by atoms with Crippen molar-refractivity contribution in [2.75, 3.05) is 6.54 Å². The molecule has 0 spiro atoms. The Morgan fingerprint density at radius 2 is 2.45 bits per heavy atom. The number of nitrogens with zero attached hydrogens (tertiary/aromatic N) is 2. The predicted octanol–water partition coefficient (Wildman–Crippen LogP) is 0.610. The van der Waals surface area contributed by atoms with Gasteiger partial charge in [-0.05, 0) is 0 Å². The van der Waals surface area contributed by atoms with E-state index in [9.17, 15) is 0 Å². The summed E-state index contributed by atoms with van der Waals surface area (Å²) in [7, 11) is 0. The van der Waals surface area contributed by atoms with Crippen LogP contribution >= 0.6 is 0 Å². The van der Waals surface area contributed by atoms with E-state index in [2.05, 4.69) is 29.3 Å². The van der Waals surface area contributed by atoms with Gasteiger partial charge in [0, 0.05) is 19.0 Å². The van der Waals surface area contributed by atoms with Crippen molar-refractivity contribution >= 4 is 0 Å². The van der Waals surface area contributed by atoms with E-state index in [1.54, 1.807) is 0 Å². The summed E-state index contributed by atoms with van der Waals surface area (Å²) in [6.45, 7) is 5.10. The van der Waals surface area contributed by atoms with Crippen molar-refractivity contribution in [2.24, 2.45) is 0 Å². The number of hydrogen-bond acceptors (Lipinski definition) is 4. The quantitative estimate of drug-likeness (QED) is 0.692. The Bertz CT molecular complexity index is 184. The van der Waals surface area contributed by atoms with E-state index in [1.165, 1.54) is 6.33 Å². The van der Waals surface area contributed by atoms with Crippen LogP contribution in [-0.4, -0.2) is 22.7 Å². The van der Waals surface area contributed by atoms with E-state index < -0.39 is 0 Å². The average Bonchev–Trinajstić information content (AvgIpc) is 2.39. The highest BCUT2D eigenvalue weighted by Crippen LogP contribution is 1.90. The van der Waals surface area contributed by atoms with E-state index in [1.807, 2.05) is 0 Å². The molecule has 0 saturated heterocycles. The number of hydrogen-bond donors (Lipinski definition) is 1. The highest BCUT2D eigenvalue weighted by molar-refractivity contribution is 4.75. The van der Waals surface area contributed by atoms with Gasteiger partial charge in [-0.15, -0.1) is 0 Å². The summed E-state index contributed by atoms with van der Waals surface area (Å²) in [5.74, 6) is 0.693. The van der Waals surface area contributed by atoms with Crippen LogP contribution in [0.1, 0.15) is 19.7 Å². The van der Waals surface area contributed by atoms with Gasteiger partial charge in [0.05, 0.1) is 0 Å². The Labute approximate surface area is 66.0 Å². The lowest BCUT2D eigenvalue weighted by molar-refractivity contribution is 0.373. The maximum Gasteiger partial charge on any atom is 0.227 e. The lowest BCUT2D eigenvalue weighted by Gasteiger charge is -2.04. The van der Waals surface area contributed by atoms with Crippen LogP contribution in [0.2, 0.25) is 0 Å². The summed E-state index contributed by atoms with van der Waals surface area (Å²) in [4.78, 5) is 3.90. The molecule has 0 fully saturated rings. The zero-order chi connectivity index (χ0) is 8.10. The molecule has 0 aliphatic heterocycles. The van der Waals surface area contributed by atoms with Crippen LogP contribution in [0.4, 0.5) is 0 Å². The molecule has 0 aromatic carbocycles. The molecule has 0 saturated carbocycles. The largest absolute Gasteiger partial charge is 0.340 e. The van der Waals surface area contributed by atoms with Crippen LogP contribution in [0.5, 0.6) is 0 Å². The number of nitrogens with one attached hydrogen (secondary N) is 1. The third-order valence-corrected chi connectivity index (χ3v) is 1.30. The first-order valence-corrected chi connectivity index (χ1v) is 3.78. The first kappa shape index (κ1) is 8.20. The van der Waals surface area contributed by atoms with Gasteiger partial charge in [0.1, 0.15) is 0 Å². The zero-order valence-electron chi connectivity index (χ0n) is 6.87. The normalized spacial score (nSPS) is 10.8. The number of rotatable bonds is 4. The molecule has 1 rings (SSSR count). The summed E-state index contributed by atoms with van der Waals surface area (Å²) in [5, 5.41) is 6.76. The third-order valence-electron chi connectivity index (χ3n) is 1.30. The second kappa shape index (κ2) is 4.08. The van der Waals surface area contributed by atoms with E-state index >= 15 is 0 Å². The van der Waals surface area contributed by atoms with Crippen molar-refractivity contribution < 1.29 is 4.52 Å². The van der Waals surface area contributed by atoms with E-state index in [0.717, 1.165) is 13.0 Å². The fourth-order valence-electron chi connectivity index (χ4n) is 0.774. The van der Waals surface area contributed by atoms with Crippen LogP contribution in [-0.2, 0) is 6.42 Å². The predicted molar refractivity (Wildman–Crippen MR) is 41.1 cm³/mol. The molecule has 4 heteroatoms. The third kappa shape index (κ3) is 3.13. The van der Waals surface area contributed by atoms with Crippen molar-refractivity contribution in [3.05, 3.63) is 12.2 Å². The lowest BCUT2D eigenvalue weighted by atomic mass is 10.3. The summed E-state index contributed by atoms with van der Waals surface area (Å²) < 4.78 is 4.81. The van der Waals surface area contributed by atoms with Crippen LogP contribution in [0.25, 0.3) is 0 Å². The second-order valence-electron chi connectivity index (χ2n) is 2.69. The van der Waals surface area contributed by atoms with E-state index in [4.69, 9.17) is 4.52 Å². The van der Waals surface area contributed by atoms with Gasteiger partial charge in [-0.2, -0.15) is 4.98 Å². The first-order valence-electron chi connectivity index (χ1n) is 3.78. The molecule has 62 valence electrons. The number of aromatic nitrogens is 2. The van der Waals surface area contributed by atoms with Crippen molar-refractivity contribution in [3.63, 3.8) is 0 Å².